The van der Waals surface area contributed by atoms with Gasteiger partial charge in [-0.25, -0.2) is 0 Å². The van der Waals surface area contributed by atoms with Gasteiger partial charge < -0.3 is 20.6 Å². The first-order valence-electron chi connectivity index (χ1n) is 12.1. The van der Waals surface area contributed by atoms with Gasteiger partial charge in [-0.15, -0.1) is 0 Å². The van der Waals surface area contributed by atoms with E-state index >= 15 is 0 Å². The van der Waals surface area contributed by atoms with Gasteiger partial charge in [0.05, 0.1) is 17.4 Å². The number of phenols is 1. The third-order valence-electron chi connectivity index (χ3n) is 7.03. The van der Waals surface area contributed by atoms with Crippen LogP contribution in [0.1, 0.15) is 49.8 Å². The summed E-state index contributed by atoms with van der Waals surface area (Å²) in [5, 5.41) is 16.9. The number of Topliss-reactive ketones (excluding diaryl/α,β-unsaturated/α-hetero) is 1. The number of rotatable bonds is 5. The van der Waals surface area contributed by atoms with Crippen molar-refractivity contribution in [1.82, 2.24) is 0 Å². The molecule has 3 aromatic carbocycles. The Morgan fingerprint density at radius 2 is 1.50 bits per heavy atom. The van der Waals surface area contributed by atoms with E-state index in [1.54, 1.807) is 12.1 Å². The average molecular weight is 454 g/mol. The Labute approximate surface area is 201 Å². The number of hydrogen-bond donors (Lipinski definition) is 3. The number of carbonyl (C=O) groups excluding carboxylic acids is 1. The minimum atomic E-state index is -0.217. The first-order valence-corrected chi connectivity index (χ1v) is 12.1. The van der Waals surface area contributed by atoms with Crippen molar-refractivity contribution in [3.8, 4) is 5.75 Å². The van der Waals surface area contributed by atoms with Gasteiger partial charge in [0, 0.05) is 36.5 Å². The lowest BCUT2D eigenvalue weighted by atomic mass is 9.78. The molecular weight excluding hydrogens is 422 g/mol. The molecule has 0 bridgehead atoms. The molecule has 0 spiro atoms. The first kappa shape index (κ1) is 22.1. The van der Waals surface area contributed by atoms with Crippen LogP contribution >= 0.6 is 0 Å². The van der Waals surface area contributed by atoms with Gasteiger partial charge in [-0.05, 0) is 73.7 Å². The maximum absolute atomic E-state index is 13.6. The van der Waals surface area contributed by atoms with Crippen LogP contribution in [0.3, 0.4) is 0 Å². The van der Waals surface area contributed by atoms with E-state index < -0.39 is 0 Å². The minimum Gasteiger partial charge on any atom is -0.508 e. The number of fused-ring (bicyclic) bond motifs is 1. The monoisotopic (exact) mass is 453 g/mol. The van der Waals surface area contributed by atoms with Crippen LogP contribution < -0.4 is 15.5 Å². The molecule has 3 aromatic rings. The van der Waals surface area contributed by atoms with Crippen LogP contribution in [0.25, 0.3) is 0 Å². The molecule has 2 atom stereocenters. The lowest BCUT2D eigenvalue weighted by Crippen LogP contribution is -2.27. The van der Waals surface area contributed by atoms with Gasteiger partial charge in [-0.1, -0.05) is 36.4 Å². The Morgan fingerprint density at radius 3 is 2.18 bits per heavy atom. The molecule has 1 heterocycles. The molecule has 5 rings (SSSR count). The van der Waals surface area contributed by atoms with Crippen LogP contribution in [0.2, 0.25) is 0 Å². The quantitative estimate of drug-likeness (QED) is 0.428. The minimum absolute atomic E-state index is 0.0790. The topological polar surface area (TPSA) is 64.6 Å². The smallest absolute Gasteiger partial charge is 0.163 e. The fourth-order valence-corrected chi connectivity index (χ4v) is 5.19. The van der Waals surface area contributed by atoms with Gasteiger partial charge >= 0.3 is 0 Å². The highest BCUT2D eigenvalue weighted by Crippen LogP contribution is 2.44. The van der Waals surface area contributed by atoms with E-state index in [9.17, 15) is 9.90 Å². The summed E-state index contributed by atoms with van der Waals surface area (Å²) in [4.78, 5) is 16.0. The highest BCUT2D eigenvalue weighted by atomic mass is 16.3. The number of nitrogens with zero attached hydrogens (tertiary/aromatic N) is 1. The van der Waals surface area contributed by atoms with Crippen molar-refractivity contribution >= 4 is 22.8 Å². The van der Waals surface area contributed by atoms with Crippen LogP contribution in [0.5, 0.6) is 5.75 Å². The first-order chi connectivity index (χ1) is 16.6. The van der Waals surface area contributed by atoms with Crippen molar-refractivity contribution in [3.63, 3.8) is 0 Å². The summed E-state index contributed by atoms with van der Waals surface area (Å²) in [6, 6.07) is 23.7. The summed E-state index contributed by atoms with van der Waals surface area (Å²) >= 11 is 0. The van der Waals surface area contributed by atoms with Crippen LogP contribution in [0.15, 0.2) is 84.1 Å². The summed E-state index contributed by atoms with van der Waals surface area (Å²) in [5.41, 5.74) is 7.12. The standard InChI is InChI=1S/C29H31N3O2/c1-3-32(4-2)22-13-9-20(10-14-22)29-28-26(30-24-7-5-6-8-25(24)31-29)17-21(18-27(28)34)19-11-15-23(33)16-12-19/h5-16,21,29-31,33H,3-4,17-18H2,1-2H3. The predicted octanol–water partition coefficient (Wildman–Crippen LogP) is 6.22. The van der Waals surface area contributed by atoms with Gasteiger partial charge in [-0.2, -0.15) is 0 Å². The number of hydrogen-bond acceptors (Lipinski definition) is 5. The van der Waals surface area contributed by atoms with Crippen molar-refractivity contribution in [2.45, 2.75) is 38.6 Å². The number of anilines is 3. The van der Waals surface area contributed by atoms with Crippen molar-refractivity contribution in [3.05, 3.63) is 95.2 Å². The number of nitrogens with one attached hydrogen (secondary N) is 2. The van der Waals surface area contributed by atoms with E-state index in [1.807, 2.05) is 30.3 Å². The third kappa shape index (κ3) is 4.14. The second kappa shape index (κ2) is 9.26. The lowest BCUT2D eigenvalue weighted by Gasteiger charge is -2.30. The van der Waals surface area contributed by atoms with E-state index in [0.717, 1.165) is 53.3 Å². The highest BCUT2D eigenvalue weighted by molar-refractivity contribution is 6.01. The van der Waals surface area contributed by atoms with Gasteiger partial charge in [0.2, 0.25) is 0 Å². The van der Waals surface area contributed by atoms with Gasteiger partial charge in [0.1, 0.15) is 5.75 Å². The van der Waals surface area contributed by atoms with Crippen LogP contribution in [0.4, 0.5) is 17.1 Å². The average Bonchev–Trinajstić information content (AvgIpc) is 3.02. The lowest BCUT2D eigenvalue weighted by molar-refractivity contribution is -0.116. The maximum atomic E-state index is 13.6. The molecular formula is C29H31N3O2. The SMILES string of the molecule is CCN(CC)c1ccc(C2Nc3ccccc3NC3=C2C(=O)CC(c2ccc(O)cc2)C3)cc1. The number of allylic oxidation sites excluding steroid dienone is 1. The molecule has 2 aliphatic rings. The predicted molar refractivity (Wildman–Crippen MR) is 139 cm³/mol. The van der Waals surface area contributed by atoms with Crippen LogP contribution in [-0.2, 0) is 4.79 Å². The molecule has 3 N–H and O–H groups in total. The molecule has 1 aliphatic carbocycles. The van der Waals surface area contributed by atoms with Crippen molar-refractivity contribution in [2.24, 2.45) is 0 Å². The van der Waals surface area contributed by atoms with Gasteiger partial charge in [0.15, 0.2) is 5.78 Å². The Hall–Kier alpha value is -3.73. The van der Waals surface area contributed by atoms with E-state index in [4.69, 9.17) is 0 Å². The second-order valence-electron chi connectivity index (χ2n) is 9.02. The number of phenolic OH excluding ortho intramolecular Hbond substituents is 1. The van der Waals surface area contributed by atoms with E-state index in [0.29, 0.717) is 6.42 Å². The molecule has 2 unspecified atom stereocenters. The number of benzene rings is 3. The highest BCUT2D eigenvalue weighted by Gasteiger charge is 2.36. The Kier molecular flexibility index (Phi) is 6.01. The van der Waals surface area contributed by atoms with Gasteiger partial charge in [0.25, 0.3) is 0 Å². The van der Waals surface area contributed by atoms with Crippen LogP contribution in [0, 0.1) is 0 Å². The van der Waals surface area contributed by atoms with Crippen LogP contribution in [-0.4, -0.2) is 24.0 Å². The fourth-order valence-electron chi connectivity index (χ4n) is 5.19. The molecule has 174 valence electrons. The summed E-state index contributed by atoms with van der Waals surface area (Å²) in [6.45, 7) is 6.24. The summed E-state index contributed by atoms with van der Waals surface area (Å²) < 4.78 is 0. The zero-order chi connectivity index (χ0) is 23.7. The zero-order valence-corrected chi connectivity index (χ0v) is 19.7. The molecule has 34 heavy (non-hydrogen) atoms. The normalized spacial score (nSPS) is 19.4. The zero-order valence-electron chi connectivity index (χ0n) is 19.7. The van der Waals surface area contributed by atoms with E-state index in [1.165, 1.54) is 5.69 Å². The number of carbonyl (C=O) groups is 1. The molecule has 0 saturated heterocycles. The largest absolute Gasteiger partial charge is 0.508 e. The van der Waals surface area contributed by atoms with Crippen molar-refractivity contribution in [2.75, 3.05) is 28.6 Å². The molecule has 5 heteroatoms. The molecule has 5 nitrogen and oxygen atoms in total. The number of ketones is 1. The van der Waals surface area contributed by atoms with Gasteiger partial charge in [-0.3, -0.25) is 4.79 Å². The number of aromatic hydroxyl groups is 1. The Morgan fingerprint density at radius 1 is 0.853 bits per heavy atom. The maximum Gasteiger partial charge on any atom is 0.163 e. The summed E-state index contributed by atoms with van der Waals surface area (Å²) in [6.07, 6.45) is 1.20. The van der Waals surface area contributed by atoms with E-state index in [-0.39, 0.29) is 23.5 Å². The molecule has 0 amide bonds. The molecule has 0 aromatic heterocycles. The van der Waals surface area contributed by atoms with Crippen molar-refractivity contribution in [1.29, 1.82) is 0 Å². The Balaban J connectivity index is 1.55. The molecule has 0 fully saturated rings. The summed E-state index contributed by atoms with van der Waals surface area (Å²) in [7, 11) is 0. The van der Waals surface area contributed by atoms with E-state index in [2.05, 4.69) is 59.7 Å². The summed E-state index contributed by atoms with van der Waals surface area (Å²) in [5.74, 6) is 0.477. The second-order valence-corrected chi connectivity index (χ2v) is 9.02. The van der Waals surface area contributed by atoms with Crippen molar-refractivity contribution < 1.29 is 9.90 Å². The molecule has 1 aliphatic heterocycles. The number of para-hydroxylation sites is 2. The Bertz CT molecular complexity index is 1210. The fraction of sp³-hybridized carbons (Fsp3) is 0.276. The third-order valence-corrected chi connectivity index (χ3v) is 7.03. The molecule has 0 radical (unpaired) electrons. The molecule has 0 saturated carbocycles.